The molecule has 0 saturated carbocycles. The molecule has 0 fully saturated rings. The van der Waals surface area contributed by atoms with E-state index in [1.54, 1.807) is 16.2 Å². The molecular weight excluding hydrogens is 424 g/mol. The first-order valence-electron chi connectivity index (χ1n) is 8.89. The second-order valence-electron chi connectivity index (χ2n) is 7.08. The van der Waals surface area contributed by atoms with Gasteiger partial charge < -0.3 is 0 Å². The summed E-state index contributed by atoms with van der Waals surface area (Å²) < 4.78 is 0.902. The van der Waals surface area contributed by atoms with Gasteiger partial charge in [-0.25, -0.2) is 4.99 Å². The third-order valence-electron chi connectivity index (χ3n) is 4.85. The highest BCUT2D eigenvalue weighted by Gasteiger charge is 2.35. The second-order valence-corrected chi connectivity index (χ2v) is 9.08. The normalized spacial score (nSPS) is 17.4. The van der Waals surface area contributed by atoms with Gasteiger partial charge in [-0.1, -0.05) is 15.9 Å². The number of halogens is 1. The number of amides is 1. The van der Waals surface area contributed by atoms with Gasteiger partial charge in [0.05, 0.1) is 17.9 Å². The lowest BCUT2D eigenvalue weighted by molar-refractivity contribution is -0.112. The van der Waals surface area contributed by atoms with Crippen molar-refractivity contribution in [1.82, 2.24) is 4.90 Å². The van der Waals surface area contributed by atoms with Gasteiger partial charge in [-0.3, -0.25) is 14.6 Å². The fraction of sp³-hybridized carbons (Fsp3) is 0.350. The van der Waals surface area contributed by atoms with Crippen LogP contribution >= 0.6 is 27.3 Å². The lowest BCUT2D eigenvalue weighted by Gasteiger charge is -2.21. The number of carbonyl (C=O) groups is 1. The number of aryl methyl sites for hydroxylation is 1. The van der Waals surface area contributed by atoms with E-state index in [1.807, 2.05) is 37.2 Å². The Bertz CT molecular complexity index is 1000. The lowest BCUT2D eigenvalue weighted by atomic mass is 9.96. The lowest BCUT2D eigenvalue weighted by Crippen LogP contribution is -2.37. The minimum Gasteiger partial charge on any atom is -0.293 e. The van der Waals surface area contributed by atoms with Crippen LogP contribution in [0.5, 0.6) is 0 Å². The Morgan fingerprint density at radius 2 is 2.11 bits per heavy atom. The molecule has 0 N–H and O–H groups in total. The number of hydrogen-bond donors (Lipinski definition) is 0. The van der Waals surface area contributed by atoms with Crippen LogP contribution in [0.2, 0.25) is 0 Å². The Labute approximate surface area is 171 Å². The van der Waals surface area contributed by atoms with Crippen LogP contribution in [0.4, 0.5) is 10.7 Å². The zero-order valence-corrected chi connectivity index (χ0v) is 17.7. The van der Waals surface area contributed by atoms with Crippen LogP contribution < -0.4 is 4.90 Å². The fourth-order valence-corrected chi connectivity index (χ4v) is 5.24. The molecule has 138 valence electrons. The summed E-state index contributed by atoms with van der Waals surface area (Å²) in [4.78, 5) is 22.8. The molecule has 5 nitrogen and oxygen atoms in total. The zero-order chi connectivity index (χ0) is 19.1. The van der Waals surface area contributed by atoms with E-state index in [4.69, 9.17) is 4.99 Å². The molecule has 27 heavy (non-hydrogen) atoms. The Kier molecular flexibility index (Phi) is 4.89. The maximum atomic E-state index is 13.1. The third kappa shape index (κ3) is 3.22. The largest absolute Gasteiger partial charge is 0.293 e. The number of carbonyl (C=O) groups excluding carboxylic acids is 1. The van der Waals surface area contributed by atoms with Crippen LogP contribution in [0.3, 0.4) is 0 Å². The van der Waals surface area contributed by atoms with Gasteiger partial charge in [-0.15, -0.1) is 11.3 Å². The first-order valence-corrected chi connectivity index (χ1v) is 10.5. The number of aliphatic imine (C=N–C) groups is 1. The second kappa shape index (κ2) is 7.19. The molecule has 2 heterocycles. The summed E-state index contributed by atoms with van der Waals surface area (Å²) in [5, 5.41) is 10.4. The number of anilines is 1. The Morgan fingerprint density at radius 1 is 1.33 bits per heavy atom. The average Bonchev–Trinajstić information content (AvgIpc) is 3.11. The summed E-state index contributed by atoms with van der Waals surface area (Å²) in [6.45, 7) is 0.485. The van der Waals surface area contributed by atoms with E-state index in [9.17, 15) is 10.1 Å². The van der Waals surface area contributed by atoms with Crippen LogP contribution in [-0.2, 0) is 17.6 Å². The first-order chi connectivity index (χ1) is 13.0. The van der Waals surface area contributed by atoms with Gasteiger partial charge >= 0.3 is 0 Å². The number of benzene rings is 1. The van der Waals surface area contributed by atoms with Gasteiger partial charge in [0.25, 0.3) is 5.91 Å². The number of thiophene rings is 1. The quantitative estimate of drug-likeness (QED) is 0.713. The molecule has 4 rings (SSSR count). The van der Waals surface area contributed by atoms with Crippen LogP contribution in [0.15, 0.2) is 27.7 Å². The van der Waals surface area contributed by atoms with Crippen molar-refractivity contribution in [2.45, 2.75) is 25.7 Å². The summed E-state index contributed by atoms with van der Waals surface area (Å²) in [5.74, 6) is -0.118. The standard InChI is InChI=1S/C20H19BrN4OS/c1-24(2)11-25-16-8-7-12(21)9-14(16)18(20(25)26)23-19-15(10-22)13-5-3-4-6-17(13)27-19/h7-9H,3-6,11H2,1-2H3/b23-18-. The van der Waals surface area contributed by atoms with E-state index in [2.05, 4.69) is 22.0 Å². The monoisotopic (exact) mass is 442 g/mol. The van der Waals surface area contributed by atoms with Crippen molar-refractivity contribution < 1.29 is 4.79 Å². The van der Waals surface area contributed by atoms with E-state index in [1.165, 1.54) is 4.88 Å². The van der Waals surface area contributed by atoms with E-state index in [0.717, 1.165) is 47.0 Å². The Hall–Kier alpha value is -2.01. The fourth-order valence-electron chi connectivity index (χ4n) is 3.66. The van der Waals surface area contributed by atoms with Crippen molar-refractivity contribution in [3.05, 3.63) is 44.2 Å². The predicted molar refractivity (Wildman–Crippen MR) is 112 cm³/mol. The molecule has 1 aliphatic heterocycles. The summed E-state index contributed by atoms with van der Waals surface area (Å²) in [5.41, 5.74) is 3.88. The molecule has 0 unspecified atom stereocenters. The summed E-state index contributed by atoms with van der Waals surface area (Å²) in [6.07, 6.45) is 4.20. The first kappa shape index (κ1) is 18.4. The highest BCUT2D eigenvalue weighted by molar-refractivity contribution is 9.10. The smallest absolute Gasteiger partial charge is 0.278 e. The molecule has 1 aromatic heterocycles. The highest BCUT2D eigenvalue weighted by atomic mass is 79.9. The molecule has 1 aromatic carbocycles. The molecule has 1 aliphatic carbocycles. The molecular formula is C20H19BrN4OS. The SMILES string of the molecule is CN(C)CN1C(=O)/C(=N\c2sc3c(c2C#N)CCCC3)c2cc(Br)ccc21. The van der Waals surface area contributed by atoms with Crippen molar-refractivity contribution >= 4 is 49.6 Å². The molecule has 2 aromatic rings. The van der Waals surface area contributed by atoms with Crippen molar-refractivity contribution in [3.63, 3.8) is 0 Å². The number of fused-ring (bicyclic) bond motifs is 2. The Balaban J connectivity index is 1.85. The molecule has 2 aliphatic rings. The number of nitrogens with zero attached hydrogens (tertiary/aromatic N) is 4. The van der Waals surface area contributed by atoms with Crippen LogP contribution in [0.1, 0.15) is 34.4 Å². The van der Waals surface area contributed by atoms with E-state index >= 15 is 0 Å². The number of rotatable bonds is 3. The Morgan fingerprint density at radius 3 is 2.85 bits per heavy atom. The highest BCUT2D eigenvalue weighted by Crippen LogP contribution is 2.41. The van der Waals surface area contributed by atoms with Gasteiger partial charge in [-0.2, -0.15) is 5.26 Å². The van der Waals surface area contributed by atoms with Crippen molar-refractivity contribution in [3.8, 4) is 6.07 Å². The zero-order valence-electron chi connectivity index (χ0n) is 15.3. The molecule has 0 atom stereocenters. The third-order valence-corrected chi connectivity index (χ3v) is 6.53. The number of nitriles is 1. The molecule has 0 saturated heterocycles. The van der Waals surface area contributed by atoms with E-state index < -0.39 is 0 Å². The van der Waals surface area contributed by atoms with Crippen LogP contribution in [-0.4, -0.2) is 37.3 Å². The maximum absolute atomic E-state index is 13.1. The molecule has 1 amide bonds. The topological polar surface area (TPSA) is 59.7 Å². The van der Waals surface area contributed by atoms with Gasteiger partial charge in [0.1, 0.15) is 16.8 Å². The van der Waals surface area contributed by atoms with Crippen LogP contribution in [0, 0.1) is 11.3 Å². The minimum atomic E-state index is -0.118. The van der Waals surface area contributed by atoms with Crippen molar-refractivity contribution in [2.24, 2.45) is 4.99 Å². The average molecular weight is 443 g/mol. The summed E-state index contributed by atoms with van der Waals surface area (Å²) in [7, 11) is 3.87. The van der Waals surface area contributed by atoms with Gasteiger partial charge in [0.15, 0.2) is 0 Å². The van der Waals surface area contributed by atoms with Gasteiger partial charge in [0.2, 0.25) is 0 Å². The molecule has 7 heteroatoms. The summed E-state index contributed by atoms with van der Waals surface area (Å²) in [6, 6.07) is 8.14. The summed E-state index contributed by atoms with van der Waals surface area (Å²) >= 11 is 5.06. The number of hydrogen-bond acceptors (Lipinski definition) is 5. The van der Waals surface area contributed by atoms with Crippen molar-refractivity contribution in [2.75, 3.05) is 25.7 Å². The van der Waals surface area contributed by atoms with Crippen LogP contribution in [0.25, 0.3) is 0 Å². The molecule has 0 spiro atoms. The minimum absolute atomic E-state index is 0.118. The van der Waals surface area contributed by atoms with E-state index in [0.29, 0.717) is 22.9 Å². The van der Waals surface area contributed by atoms with Gasteiger partial charge in [0, 0.05) is 14.9 Å². The molecule has 0 bridgehead atoms. The van der Waals surface area contributed by atoms with E-state index in [-0.39, 0.29) is 5.91 Å². The van der Waals surface area contributed by atoms with Crippen molar-refractivity contribution in [1.29, 1.82) is 5.26 Å². The molecule has 0 radical (unpaired) electrons. The predicted octanol–water partition coefficient (Wildman–Crippen LogP) is 4.25. The maximum Gasteiger partial charge on any atom is 0.278 e. The van der Waals surface area contributed by atoms with Gasteiger partial charge in [-0.05, 0) is 63.5 Å².